The highest BCUT2D eigenvalue weighted by Crippen LogP contribution is 2.30. The number of hydrogen-bond donors (Lipinski definition) is 1. The largest absolute Gasteiger partial charge is 0.478 e. The number of rotatable bonds is 5. The highest BCUT2D eigenvalue weighted by Gasteiger charge is 2.21. The van der Waals surface area contributed by atoms with E-state index < -0.39 is 5.97 Å². The number of hydrogen-bond acceptors (Lipinski definition) is 5. The van der Waals surface area contributed by atoms with Crippen LogP contribution in [0.25, 0.3) is 0 Å². The predicted molar refractivity (Wildman–Crippen MR) is 81.1 cm³/mol. The van der Waals surface area contributed by atoms with Crippen molar-refractivity contribution in [2.45, 2.75) is 36.7 Å². The molecule has 2 aromatic heterocycles. The van der Waals surface area contributed by atoms with Gasteiger partial charge in [0.05, 0.1) is 16.3 Å². The second-order valence-electron chi connectivity index (χ2n) is 4.23. The van der Waals surface area contributed by atoms with Gasteiger partial charge in [0, 0.05) is 6.20 Å². The summed E-state index contributed by atoms with van der Waals surface area (Å²) in [6, 6.07) is 3.42. The van der Waals surface area contributed by atoms with Gasteiger partial charge in [-0.15, -0.1) is 5.10 Å². The Morgan fingerprint density at radius 3 is 2.57 bits per heavy atom. The maximum absolute atomic E-state index is 11.6. The van der Waals surface area contributed by atoms with E-state index in [2.05, 4.69) is 15.2 Å². The standard InChI is InChI=1S/C14H14ClN3O2S/c1-3-9-10(4-2)17-18-13(12(9)14(19)20)21-11-6-5-8(15)7-16-11/h5-7H,3-4H2,1-2H3,(H,19,20). The Kier molecular flexibility index (Phi) is 5.14. The zero-order valence-corrected chi connectivity index (χ0v) is 13.2. The first kappa shape index (κ1) is 15.7. The first-order chi connectivity index (χ1) is 10.1. The molecule has 0 bridgehead atoms. The lowest BCUT2D eigenvalue weighted by Crippen LogP contribution is -2.11. The van der Waals surface area contributed by atoms with E-state index in [1.165, 1.54) is 18.0 Å². The second-order valence-corrected chi connectivity index (χ2v) is 5.68. The molecule has 0 aromatic carbocycles. The maximum atomic E-state index is 11.6. The SMILES string of the molecule is CCc1nnc(Sc2ccc(Cl)cn2)c(C(=O)O)c1CC. The van der Waals surface area contributed by atoms with Gasteiger partial charge in [-0.05, 0) is 42.3 Å². The van der Waals surface area contributed by atoms with Gasteiger partial charge >= 0.3 is 5.97 Å². The van der Waals surface area contributed by atoms with Crippen molar-refractivity contribution in [2.75, 3.05) is 0 Å². The van der Waals surface area contributed by atoms with Crippen LogP contribution in [0.5, 0.6) is 0 Å². The van der Waals surface area contributed by atoms with Crippen LogP contribution >= 0.6 is 23.4 Å². The Morgan fingerprint density at radius 2 is 2.05 bits per heavy atom. The van der Waals surface area contributed by atoms with Crippen molar-refractivity contribution in [3.8, 4) is 0 Å². The smallest absolute Gasteiger partial charge is 0.338 e. The minimum Gasteiger partial charge on any atom is -0.478 e. The molecule has 0 spiro atoms. The molecule has 21 heavy (non-hydrogen) atoms. The molecule has 0 saturated heterocycles. The van der Waals surface area contributed by atoms with Crippen molar-refractivity contribution in [3.63, 3.8) is 0 Å². The van der Waals surface area contributed by atoms with Crippen LogP contribution in [0.3, 0.4) is 0 Å². The summed E-state index contributed by atoms with van der Waals surface area (Å²) >= 11 is 6.97. The van der Waals surface area contributed by atoms with Crippen molar-refractivity contribution in [3.05, 3.63) is 40.2 Å². The van der Waals surface area contributed by atoms with E-state index >= 15 is 0 Å². The fraction of sp³-hybridized carbons (Fsp3) is 0.286. The molecule has 1 N–H and O–H groups in total. The van der Waals surface area contributed by atoms with Crippen molar-refractivity contribution in [1.82, 2.24) is 15.2 Å². The van der Waals surface area contributed by atoms with Crippen LogP contribution in [0, 0.1) is 0 Å². The minimum absolute atomic E-state index is 0.214. The first-order valence-electron chi connectivity index (χ1n) is 6.47. The quantitative estimate of drug-likeness (QED) is 0.907. The molecule has 2 heterocycles. The summed E-state index contributed by atoms with van der Waals surface area (Å²) in [6.45, 7) is 3.85. The molecule has 0 fully saturated rings. The molecular formula is C14H14ClN3O2S. The normalized spacial score (nSPS) is 10.6. The lowest BCUT2D eigenvalue weighted by Gasteiger charge is -2.11. The Labute approximate surface area is 131 Å². The minimum atomic E-state index is -0.993. The first-order valence-corrected chi connectivity index (χ1v) is 7.67. The van der Waals surface area contributed by atoms with E-state index in [4.69, 9.17) is 11.6 Å². The van der Waals surface area contributed by atoms with Crippen LogP contribution in [0.1, 0.15) is 35.5 Å². The Bertz CT molecular complexity index is 662. The lowest BCUT2D eigenvalue weighted by atomic mass is 10.0. The highest BCUT2D eigenvalue weighted by atomic mass is 35.5. The van der Waals surface area contributed by atoms with Crippen LogP contribution in [-0.4, -0.2) is 26.3 Å². The molecule has 5 nitrogen and oxygen atoms in total. The fourth-order valence-electron chi connectivity index (χ4n) is 1.97. The Hall–Kier alpha value is -1.66. The number of carbonyl (C=O) groups is 1. The van der Waals surface area contributed by atoms with E-state index in [9.17, 15) is 9.90 Å². The number of carboxylic acid groups (broad SMARTS) is 1. The number of aryl methyl sites for hydroxylation is 1. The van der Waals surface area contributed by atoms with Crippen LogP contribution in [0.15, 0.2) is 28.4 Å². The molecule has 0 aliphatic rings. The zero-order valence-electron chi connectivity index (χ0n) is 11.6. The van der Waals surface area contributed by atoms with Crippen molar-refractivity contribution >= 4 is 29.3 Å². The number of pyridine rings is 1. The third-order valence-corrected chi connectivity index (χ3v) is 4.08. The average Bonchev–Trinajstić information content (AvgIpc) is 2.48. The lowest BCUT2D eigenvalue weighted by molar-refractivity contribution is 0.0690. The summed E-state index contributed by atoms with van der Waals surface area (Å²) in [7, 11) is 0. The van der Waals surface area contributed by atoms with Crippen LogP contribution < -0.4 is 0 Å². The summed E-state index contributed by atoms with van der Waals surface area (Å²) < 4.78 is 0. The van der Waals surface area contributed by atoms with Gasteiger partial charge in [-0.3, -0.25) is 0 Å². The third-order valence-electron chi connectivity index (χ3n) is 2.93. The van der Waals surface area contributed by atoms with Gasteiger partial charge in [0.15, 0.2) is 0 Å². The highest BCUT2D eigenvalue weighted by molar-refractivity contribution is 7.99. The van der Waals surface area contributed by atoms with E-state index in [0.717, 1.165) is 11.3 Å². The molecule has 0 atom stereocenters. The molecule has 0 unspecified atom stereocenters. The number of aromatic nitrogens is 3. The molecule has 110 valence electrons. The Morgan fingerprint density at radius 1 is 1.29 bits per heavy atom. The number of nitrogens with zero attached hydrogens (tertiary/aromatic N) is 3. The average molecular weight is 324 g/mol. The maximum Gasteiger partial charge on any atom is 0.338 e. The van der Waals surface area contributed by atoms with Gasteiger partial charge in [0.2, 0.25) is 0 Å². The Balaban J connectivity index is 2.48. The number of carboxylic acids is 1. The molecule has 0 radical (unpaired) electrons. The second kappa shape index (κ2) is 6.87. The molecule has 0 saturated carbocycles. The van der Waals surface area contributed by atoms with E-state index in [0.29, 0.717) is 27.9 Å². The summed E-state index contributed by atoms with van der Waals surface area (Å²) in [5, 5.41) is 19.2. The van der Waals surface area contributed by atoms with Gasteiger partial charge < -0.3 is 5.11 Å². The van der Waals surface area contributed by atoms with Gasteiger partial charge in [-0.1, -0.05) is 25.4 Å². The van der Waals surface area contributed by atoms with Gasteiger partial charge in [-0.25, -0.2) is 9.78 Å². The molecular weight excluding hydrogens is 310 g/mol. The molecule has 0 aliphatic carbocycles. The van der Waals surface area contributed by atoms with Crippen molar-refractivity contribution in [2.24, 2.45) is 0 Å². The molecule has 0 amide bonds. The monoisotopic (exact) mass is 323 g/mol. The van der Waals surface area contributed by atoms with Crippen LogP contribution in [0.2, 0.25) is 5.02 Å². The molecule has 7 heteroatoms. The molecule has 2 rings (SSSR count). The van der Waals surface area contributed by atoms with Gasteiger partial charge in [0.1, 0.15) is 10.1 Å². The van der Waals surface area contributed by atoms with E-state index in [-0.39, 0.29) is 5.56 Å². The zero-order chi connectivity index (χ0) is 15.4. The predicted octanol–water partition coefficient (Wildman–Crippen LogP) is 3.50. The van der Waals surface area contributed by atoms with Crippen molar-refractivity contribution < 1.29 is 9.90 Å². The van der Waals surface area contributed by atoms with Gasteiger partial charge in [0.25, 0.3) is 0 Å². The van der Waals surface area contributed by atoms with Crippen LogP contribution in [-0.2, 0) is 12.8 Å². The van der Waals surface area contributed by atoms with Crippen LogP contribution in [0.4, 0.5) is 0 Å². The van der Waals surface area contributed by atoms with Crippen molar-refractivity contribution in [1.29, 1.82) is 0 Å². The summed E-state index contributed by atoms with van der Waals surface area (Å²) in [6.07, 6.45) is 2.77. The van der Waals surface area contributed by atoms with Gasteiger partial charge in [-0.2, -0.15) is 5.10 Å². The third kappa shape index (κ3) is 3.51. The topological polar surface area (TPSA) is 76.0 Å². The summed E-state index contributed by atoms with van der Waals surface area (Å²) in [5.41, 5.74) is 1.67. The van der Waals surface area contributed by atoms with E-state index in [1.54, 1.807) is 12.1 Å². The fourth-order valence-corrected chi connectivity index (χ4v) is 2.91. The molecule has 2 aromatic rings. The molecule has 0 aliphatic heterocycles. The number of halogens is 1. The number of aromatic carboxylic acids is 1. The van der Waals surface area contributed by atoms with E-state index in [1.807, 2.05) is 13.8 Å². The summed E-state index contributed by atoms with van der Waals surface area (Å²) in [4.78, 5) is 15.7. The summed E-state index contributed by atoms with van der Waals surface area (Å²) in [5.74, 6) is -0.993.